The van der Waals surface area contributed by atoms with Crippen LogP contribution in [0.25, 0.3) is 22.2 Å². The lowest BCUT2D eigenvalue weighted by Crippen LogP contribution is -2.21. The van der Waals surface area contributed by atoms with Crippen molar-refractivity contribution in [2.24, 2.45) is 0 Å². The largest absolute Gasteiger partial charge is 0.422 e. The topological polar surface area (TPSA) is 98.2 Å². The van der Waals surface area contributed by atoms with Crippen LogP contribution in [0.4, 0.5) is 5.82 Å². The molecule has 0 aliphatic heterocycles. The first-order valence-electron chi connectivity index (χ1n) is 9.39. The number of nitrogens with one attached hydrogen (secondary N) is 1. The van der Waals surface area contributed by atoms with Crippen LogP contribution in [0.3, 0.4) is 0 Å². The van der Waals surface area contributed by atoms with Gasteiger partial charge in [-0.05, 0) is 52.5 Å². The Morgan fingerprint density at radius 3 is 2.66 bits per heavy atom. The number of benzene rings is 2. The molecule has 0 bridgehead atoms. The number of aryl methyl sites for hydroxylation is 2. The van der Waals surface area contributed by atoms with Gasteiger partial charge in [0, 0.05) is 10.9 Å². The van der Waals surface area contributed by atoms with Crippen molar-refractivity contribution >= 4 is 22.7 Å². The fourth-order valence-corrected chi connectivity index (χ4v) is 3.21. The number of hydrogen-bond donors (Lipinski definition) is 1. The van der Waals surface area contributed by atoms with E-state index in [0.717, 1.165) is 29.5 Å². The van der Waals surface area contributed by atoms with E-state index in [2.05, 4.69) is 28.6 Å². The van der Waals surface area contributed by atoms with Gasteiger partial charge in [0.1, 0.15) is 11.1 Å². The second kappa shape index (κ2) is 7.71. The number of nitrogens with zero attached hydrogens (tertiary/aromatic N) is 2. The fourth-order valence-electron chi connectivity index (χ4n) is 3.21. The molecule has 0 spiro atoms. The monoisotopic (exact) mass is 389 g/mol. The average molecular weight is 389 g/mol. The molecule has 2 aromatic heterocycles. The number of para-hydroxylation sites is 1. The van der Waals surface area contributed by atoms with E-state index < -0.39 is 11.5 Å². The third-order valence-electron chi connectivity index (χ3n) is 4.83. The van der Waals surface area contributed by atoms with Crippen molar-refractivity contribution in [2.75, 3.05) is 5.32 Å². The first-order chi connectivity index (χ1) is 14.1. The average Bonchev–Trinajstić information content (AvgIpc) is 3.20. The van der Waals surface area contributed by atoms with Crippen molar-refractivity contribution in [3.05, 3.63) is 75.6 Å². The first kappa shape index (κ1) is 18.6. The van der Waals surface area contributed by atoms with Gasteiger partial charge in [-0.3, -0.25) is 4.79 Å². The molecule has 0 aliphatic carbocycles. The summed E-state index contributed by atoms with van der Waals surface area (Å²) >= 11 is 0. The molecule has 0 saturated carbocycles. The van der Waals surface area contributed by atoms with Crippen molar-refractivity contribution in [2.45, 2.75) is 26.7 Å². The molecule has 7 heteroatoms. The van der Waals surface area contributed by atoms with E-state index in [0.29, 0.717) is 16.7 Å². The predicted octanol–water partition coefficient (Wildman–Crippen LogP) is 4.22. The smallest absolute Gasteiger partial charge is 0.349 e. The maximum Gasteiger partial charge on any atom is 0.349 e. The lowest BCUT2D eigenvalue weighted by atomic mass is 9.98. The Kier molecular flexibility index (Phi) is 4.95. The zero-order valence-electron chi connectivity index (χ0n) is 16.1. The first-order valence-corrected chi connectivity index (χ1v) is 9.39. The van der Waals surface area contributed by atoms with Gasteiger partial charge in [0.2, 0.25) is 5.82 Å². The van der Waals surface area contributed by atoms with Gasteiger partial charge >= 0.3 is 5.63 Å². The van der Waals surface area contributed by atoms with Crippen LogP contribution in [-0.4, -0.2) is 16.2 Å². The molecule has 7 nitrogen and oxygen atoms in total. The van der Waals surface area contributed by atoms with Gasteiger partial charge in [-0.25, -0.2) is 9.42 Å². The number of amides is 1. The van der Waals surface area contributed by atoms with Gasteiger partial charge in [0.25, 0.3) is 5.91 Å². The molecule has 0 unspecified atom stereocenters. The van der Waals surface area contributed by atoms with Gasteiger partial charge in [0.15, 0.2) is 5.69 Å². The van der Waals surface area contributed by atoms with Gasteiger partial charge in [0.05, 0.1) is 0 Å². The highest BCUT2D eigenvalue weighted by Gasteiger charge is 2.21. The van der Waals surface area contributed by atoms with E-state index >= 15 is 0 Å². The molecule has 0 fully saturated rings. The maximum atomic E-state index is 12.8. The molecule has 146 valence electrons. The minimum Gasteiger partial charge on any atom is -0.422 e. The highest BCUT2D eigenvalue weighted by Crippen LogP contribution is 2.29. The van der Waals surface area contributed by atoms with E-state index in [4.69, 9.17) is 9.05 Å². The minimum atomic E-state index is -0.721. The molecule has 0 atom stereocenters. The highest BCUT2D eigenvalue weighted by atomic mass is 16.6. The summed E-state index contributed by atoms with van der Waals surface area (Å²) in [4.78, 5) is 25.0. The van der Waals surface area contributed by atoms with Crippen LogP contribution in [0.2, 0.25) is 0 Å². The summed E-state index contributed by atoms with van der Waals surface area (Å²) in [7, 11) is 0. The maximum absolute atomic E-state index is 12.8. The normalized spacial score (nSPS) is 11.0. The molecule has 1 N–H and O–H groups in total. The van der Waals surface area contributed by atoms with E-state index in [1.807, 2.05) is 19.1 Å². The number of anilines is 1. The molecule has 0 aliphatic rings. The van der Waals surface area contributed by atoms with E-state index in [9.17, 15) is 9.59 Å². The zero-order chi connectivity index (χ0) is 20.4. The number of carbonyl (C=O) groups is 1. The summed E-state index contributed by atoms with van der Waals surface area (Å²) in [5.74, 6) is -0.475. The molecule has 1 amide bonds. The Morgan fingerprint density at radius 1 is 1.03 bits per heavy atom. The SMILES string of the molecule is CCc1ccc(CC)c(-c2nonc2NC(=O)c2cc3ccccc3oc2=O)c1. The molecule has 0 saturated heterocycles. The number of hydrogen-bond acceptors (Lipinski definition) is 6. The summed E-state index contributed by atoms with van der Waals surface area (Å²) in [5, 5.41) is 11.1. The number of fused-ring (bicyclic) bond motifs is 1. The van der Waals surface area contributed by atoms with Gasteiger partial charge < -0.3 is 9.73 Å². The van der Waals surface area contributed by atoms with Crippen LogP contribution in [0.5, 0.6) is 0 Å². The van der Waals surface area contributed by atoms with Crippen molar-refractivity contribution in [1.82, 2.24) is 10.3 Å². The van der Waals surface area contributed by atoms with Gasteiger partial charge in [-0.2, -0.15) is 0 Å². The van der Waals surface area contributed by atoms with E-state index in [-0.39, 0.29) is 11.4 Å². The summed E-state index contributed by atoms with van der Waals surface area (Å²) in [5.41, 5.74) is 3.04. The lowest BCUT2D eigenvalue weighted by Gasteiger charge is -2.09. The van der Waals surface area contributed by atoms with Crippen LogP contribution in [0.15, 0.2) is 62.4 Å². The number of rotatable bonds is 5. The Bertz CT molecular complexity index is 1260. The lowest BCUT2D eigenvalue weighted by molar-refractivity contribution is 0.102. The summed E-state index contributed by atoms with van der Waals surface area (Å²) < 4.78 is 10.1. The van der Waals surface area contributed by atoms with Crippen LogP contribution < -0.4 is 10.9 Å². The molecule has 2 aromatic carbocycles. The molecule has 4 aromatic rings. The minimum absolute atomic E-state index is 0.115. The number of aromatic nitrogens is 2. The van der Waals surface area contributed by atoms with E-state index in [1.54, 1.807) is 24.3 Å². The van der Waals surface area contributed by atoms with Gasteiger partial charge in [-0.1, -0.05) is 44.2 Å². The van der Waals surface area contributed by atoms with Crippen LogP contribution in [-0.2, 0) is 12.8 Å². The van der Waals surface area contributed by atoms with Gasteiger partial charge in [-0.15, -0.1) is 0 Å². The quantitative estimate of drug-likeness (QED) is 0.513. The van der Waals surface area contributed by atoms with Crippen molar-refractivity contribution in [1.29, 1.82) is 0 Å². The van der Waals surface area contributed by atoms with Crippen molar-refractivity contribution in [3.8, 4) is 11.3 Å². The van der Waals surface area contributed by atoms with Crippen molar-refractivity contribution < 1.29 is 13.8 Å². The van der Waals surface area contributed by atoms with Crippen LogP contribution in [0, 0.1) is 0 Å². The molecule has 29 heavy (non-hydrogen) atoms. The molecular formula is C22H19N3O4. The second-order valence-corrected chi connectivity index (χ2v) is 6.60. The standard InChI is InChI=1S/C22H19N3O4/c1-3-13-9-10-14(4-2)16(11-13)19-20(25-29-24-19)23-21(26)17-12-15-7-5-6-8-18(15)28-22(17)27/h5-12H,3-4H2,1-2H3,(H,23,25,26). The van der Waals surface area contributed by atoms with E-state index in [1.165, 1.54) is 6.07 Å². The second-order valence-electron chi connectivity index (χ2n) is 6.60. The zero-order valence-corrected chi connectivity index (χ0v) is 16.1. The van der Waals surface area contributed by atoms with Crippen LogP contribution >= 0.6 is 0 Å². The summed E-state index contributed by atoms with van der Waals surface area (Å²) in [6.45, 7) is 4.10. The van der Waals surface area contributed by atoms with Crippen molar-refractivity contribution in [3.63, 3.8) is 0 Å². The fraction of sp³-hybridized carbons (Fsp3) is 0.182. The predicted molar refractivity (Wildman–Crippen MR) is 109 cm³/mol. The third-order valence-corrected chi connectivity index (χ3v) is 4.83. The Balaban J connectivity index is 1.71. The number of carbonyl (C=O) groups excluding carboxylic acids is 1. The summed E-state index contributed by atoms with van der Waals surface area (Å²) in [6.07, 6.45) is 1.65. The third kappa shape index (κ3) is 3.54. The summed E-state index contributed by atoms with van der Waals surface area (Å²) in [6, 6.07) is 14.6. The molecule has 4 rings (SSSR count). The molecule has 2 heterocycles. The Labute approximate surface area is 166 Å². The molecule has 0 radical (unpaired) electrons. The Morgan fingerprint density at radius 2 is 1.86 bits per heavy atom. The Hall–Kier alpha value is -3.74. The highest BCUT2D eigenvalue weighted by molar-refractivity contribution is 6.06. The molecular weight excluding hydrogens is 370 g/mol. The van der Waals surface area contributed by atoms with Crippen LogP contribution in [0.1, 0.15) is 35.3 Å².